The standard InChI is InChI=1S/C21H17N3O/c25-21-17(12-11-16-9-6-14-23-20(16)21)19(15-7-2-1-3-8-15)24-18-10-4-5-13-22-18/h1-14,19,25H,(H,22,24)/t19-/m0/s1. The second-order valence-corrected chi connectivity index (χ2v) is 5.78. The van der Waals surface area contributed by atoms with Crippen LogP contribution in [0.3, 0.4) is 0 Å². The fraction of sp³-hybridized carbons (Fsp3) is 0.0476. The predicted octanol–water partition coefficient (Wildman–Crippen LogP) is 4.54. The minimum absolute atomic E-state index is 0.190. The van der Waals surface area contributed by atoms with Crippen LogP contribution in [0.15, 0.2) is 85.2 Å². The lowest BCUT2D eigenvalue weighted by Gasteiger charge is -2.22. The topological polar surface area (TPSA) is 58.0 Å². The van der Waals surface area contributed by atoms with Crippen molar-refractivity contribution in [2.24, 2.45) is 0 Å². The number of nitrogens with zero attached hydrogens (tertiary/aromatic N) is 2. The molecule has 0 spiro atoms. The number of fused-ring (bicyclic) bond motifs is 1. The summed E-state index contributed by atoms with van der Waals surface area (Å²) < 4.78 is 0. The first-order chi connectivity index (χ1) is 12.3. The number of aromatic nitrogens is 2. The van der Waals surface area contributed by atoms with Crippen molar-refractivity contribution in [3.05, 3.63) is 96.3 Å². The maximum atomic E-state index is 10.8. The number of phenolic OH excluding ortho intramolecular Hbond substituents is 1. The van der Waals surface area contributed by atoms with Gasteiger partial charge < -0.3 is 10.4 Å². The predicted molar refractivity (Wildman–Crippen MR) is 99.6 cm³/mol. The number of hydrogen-bond donors (Lipinski definition) is 2. The summed E-state index contributed by atoms with van der Waals surface area (Å²) in [6.07, 6.45) is 3.43. The van der Waals surface area contributed by atoms with Gasteiger partial charge in [0.2, 0.25) is 0 Å². The average Bonchev–Trinajstić information content (AvgIpc) is 2.69. The molecule has 0 saturated heterocycles. The molecule has 25 heavy (non-hydrogen) atoms. The molecule has 2 N–H and O–H groups in total. The minimum atomic E-state index is -0.234. The molecule has 0 radical (unpaired) electrons. The van der Waals surface area contributed by atoms with E-state index in [1.54, 1.807) is 12.4 Å². The fourth-order valence-corrected chi connectivity index (χ4v) is 2.96. The average molecular weight is 327 g/mol. The summed E-state index contributed by atoms with van der Waals surface area (Å²) >= 11 is 0. The second-order valence-electron chi connectivity index (χ2n) is 5.78. The highest BCUT2D eigenvalue weighted by Gasteiger charge is 2.20. The number of aromatic hydroxyl groups is 1. The van der Waals surface area contributed by atoms with Gasteiger partial charge in [-0.15, -0.1) is 0 Å². The molecule has 4 heteroatoms. The van der Waals surface area contributed by atoms with Gasteiger partial charge >= 0.3 is 0 Å². The third kappa shape index (κ3) is 3.02. The Morgan fingerprint density at radius 1 is 0.760 bits per heavy atom. The lowest BCUT2D eigenvalue weighted by atomic mass is 9.96. The molecular formula is C21H17N3O. The van der Waals surface area contributed by atoms with E-state index in [1.807, 2.05) is 72.8 Å². The number of nitrogens with one attached hydrogen (secondary N) is 1. The molecule has 0 unspecified atom stereocenters. The molecular weight excluding hydrogens is 310 g/mol. The van der Waals surface area contributed by atoms with Crippen LogP contribution in [0.5, 0.6) is 5.75 Å². The Bertz CT molecular complexity index is 988. The highest BCUT2D eigenvalue weighted by molar-refractivity contribution is 5.86. The quantitative estimate of drug-likeness (QED) is 0.578. The van der Waals surface area contributed by atoms with Crippen molar-refractivity contribution in [2.45, 2.75) is 6.04 Å². The molecule has 4 aromatic rings. The number of pyridine rings is 2. The van der Waals surface area contributed by atoms with Gasteiger partial charge in [0.15, 0.2) is 0 Å². The molecule has 4 nitrogen and oxygen atoms in total. The Morgan fingerprint density at radius 2 is 1.56 bits per heavy atom. The summed E-state index contributed by atoms with van der Waals surface area (Å²) in [7, 11) is 0. The molecule has 0 aliphatic rings. The van der Waals surface area contributed by atoms with E-state index in [2.05, 4.69) is 15.3 Å². The van der Waals surface area contributed by atoms with Crippen LogP contribution in [0.4, 0.5) is 5.82 Å². The van der Waals surface area contributed by atoms with Crippen LogP contribution in [-0.2, 0) is 0 Å². The van der Waals surface area contributed by atoms with Crippen molar-refractivity contribution in [1.29, 1.82) is 0 Å². The van der Waals surface area contributed by atoms with E-state index in [0.717, 1.165) is 22.3 Å². The van der Waals surface area contributed by atoms with Crippen LogP contribution in [-0.4, -0.2) is 15.1 Å². The number of hydrogen-bond acceptors (Lipinski definition) is 4. The molecule has 0 aliphatic heterocycles. The van der Waals surface area contributed by atoms with Crippen LogP contribution in [0.2, 0.25) is 0 Å². The molecule has 1 atom stereocenters. The van der Waals surface area contributed by atoms with Gasteiger partial charge in [-0.1, -0.05) is 54.6 Å². The minimum Gasteiger partial charge on any atom is -0.505 e. The zero-order valence-corrected chi connectivity index (χ0v) is 13.5. The van der Waals surface area contributed by atoms with Crippen molar-refractivity contribution in [3.63, 3.8) is 0 Å². The third-order valence-electron chi connectivity index (χ3n) is 4.18. The Hall–Kier alpha value is -3.40. The summed E-state index contributed by atoms with van der Waals surface area (Å²) in [4.78, 5) is 8.68. The van der Waals surface area contributed by atoms with E-state index < -0.39 is 0 Å². The van der Waals surface area contributed by atoms with Crippen LogP contribution in [0.1, 0.15) is 17.2 Å². The molecule has 0 bridgehead atoms. The number of anilines is 1. The largest absolute Gasteiger partial charge is 0.505 e. The molecule has 2 aromatic carbocycles. The molecule has 0 aliphatic carbocycles. The molecule has 0 amide bonds. The monoisotopic (exact) mass is 327 g/mol. The van der Waals surface area contributed by atoms with Crippen molar-refractivity contribution in [3.8, 4) is 5.75 Å². The summed E-state index contributed by atoms with van der Waals surface area (Å²) in [5, 5.41) is 15.2. The van der Waals surface area contributed by atoms with E-state index >= 15 is 0 Å². The SMILES string of the molecule is Oc1c([C@@H](Nc2ccccn2)c2ccccc2)ccc2cccnc12. The molecule has 2 aromatic heterocycles. The zero-order chi connectivity index (χ0) is 17.1. The maximum Gasteiger partial charge on any atom is 0.147 e. The van der Waals surface area contributed by atoms with Gasteiger partial charge in [0.25, 0.3) is 0 Å². The van der Waals surface area contributed by atoms with E-state index in [9.17, 15) is 5.11 Å². The molecule has 2 heterocycles. The van der Waals surface area contributed by atoms with Crippen molar-refractivity contribution in [1.82, 2.24) is 9.97 Å². The summed E-state index contributed by atoms with van der Waals surface area (Å²) in [5.41, 5.74) is 2.41. The summed E-state index contributed by atoms with van der Waals surface area (Å²) in [6.45, 7) is 0. The van der Waals surface area contributed by atoms with Gasteiger partial charge in [0, 0.05) is 23.3 Å². The lowest BCUT2D eigenvalue weighted by molar-refractivity contribution is 0.471. The normalized spacial score (nSPS) is 12.0. The molecule has 122 valence electrons. The fourth-order valence-electron chi connectivity index (χ4n) is 2.96. The first-order valence-corrected chi connectivity index (χ1v) is 8.12. The van der Waals surface area contributed by atoms with E-state index in [1.165, 1.54) is 0 Å². The van der Waals surface area contributed by atoms with E-state index in [0.29, 0.717) is 5.52 Å². The number of rotatable bonds is 4. The van der Waals surface area contributed by atoms with E-state index in [-0.39, 0.29) is 11.8 Å². The van der Waals surface area contributed by atoms with Crippen LogP contribution < -0.4 is 5.32 Å². The van der Waals surface area contributed by atoms with Gasteiger partial charge in [-0.2, -0.15) is 0 Å². The second kappa shape index (κ2) is 6.61. The van der Waals surface area contributed by atoms with Crippen molar-refractivity contribution < 1.29 is 5.11 Å². The third-order valence-corrected chi connectivity index (χ3v) is 4.18. The van der Waals surface area contributed by atoms with Gasteiger partial charge in [-0.05, 0) is 23.8 Å². The first kappa shape index (κ1) is 15.1. The number of phenols is 1. The summed E-state index contributed by atoms with van der Waals surface area (Å²) in [5.74, 6) is 0.937. The first-order valence-electron chi connectivity index (χ1n) is 8.12. The maximum absolute atomic E-state index is 10.8. The Balaban J connectivity index is 1.85. The number of benzene rings is 2. The Kier molecular flexibility index (Phi) is 4.01. The van der Waals surface area contributed by atoms with Crippen LogP contribution >= 0.6 is 0 Å². The molecule has 4 rings (SSSR count). The highest BCUT2D eigenvalue weighted by atomic mass is 16.3. The Labute approximate surface area is 145 Å². The lowest BCUT2D eigenvalue weighted by Crippen LogP contribution is -2.13. The zero-order valence-electron chi connectivity index (χ0n) is 13.5. The highest BCUT2D eigenvalue weighted by Crippen LogP contribution is 2.35. The van der Waals surface area contributed by atoms with Gasteiger partial charge in [-0.3, -0.25) is 4.98 Å². The van der Waals surface area contributed by atoms with Crippen LogP contribution in [0.25, 0.3) is 10.9 Å². The van der Waals surface area contributed by atoms with Gasteiger partial charge in [-0.25, -0.2) is 4.98 Å². The molecule has 0 fully saturated rings. The smallest absolute Gasteiger partial charge is 0.147 e. The van der Waals surface area contributed by atoms with Gasteiger partial charge in [0.05, 0.1) is 6.04 Å². The van der Waals surface area contributed by atoms with Crippen LogP contribution in [0, 0.1) is 0 Å². The Morgan fingerprint density at radius 3 is 2.36 bits per heavy atom. The van der Waals surface area contributed by atoms with Gasteiger partial charge in [0.1, 0.15) is 17.1 Å². The van der Waals surface area contributed by atoms with Crippen molar-refractivity contribution in [2.75, 3.05) is 5.32 Å². The summed E-state index contributed by atoms with van der Waals surface area (Å²) in [6, 6.07) is 23.2. The van der Waals surface area contributed by atoms with E-state index in [4.69, 9.17) is 0 Å². The van der Waals surface area contributed by atoms with Crippen molar-refractivity contribution >= 4 is 16.7 Å². The molecule has 0 saturated carbocycles.